The Morgan fingerprint density at radius 3 is 1.92 bits per heavy atom. The fourth-order valence-corrected chi connectivity index (χ4v) is 2.07. The Labute approximate surface area is 83.6 Å². The summed E-state index contributed by atoms with van der Waals surface area (Å²) in [7, 11) is -1.47. The van der Waals surface area contributed by atoms with Crippen molar-refractivity contribution >= 4 is 8.32 Å². The van der Waals surface area contributed by atoms with Crippen molar-refractivity contribution in [3.05, 3.63) is 24.0 Å². The van der Waals surface area contributed by atoms with Gasteiger partial charge in [0.2, 0.25) is 8.32 Å². The Kier molecular flexibility index (Phi) is 5.07. The molecule has 0 aromatic carbocycles. The third-order valence-corrected chi connectivity index (χ3v) is 2.64. The highest BCUT2D eigenvalue weighted by atomic mass is 28.4. The van der Waals surface area contributed by atoms with Crippen LogP contribution in [0.3, 0.4) is 0 Å². The fraction of sp³-hybridized carbons (Fsp3) is 0.636. The average molecular weight is 198 g/mol. The van der Waals surface area contributed by atoms with E-state index in [2.05, 4.69) is 40.1 Å². The molecular formula is C11H22OSi. The van der Waals surface area contributed by atoms with Crippen LogP contribution in [0.15, 0.2) is 24.0 Å². The summed E-state index contributed by atoms with van der Waals surface area (Å²) in [4.78, 5) is 0. The summed E-state index contributed by atoms with van der Waals surface area (Å²) in [5.74, 6) is 1.02. The molecule has 0 radical (unpaired) electrons. The first-order chi connectivity index (χ1) is 5.94. The van der Waals surface area contributed by atoms with Gasteiger partial charge in [-0.05, 0) is 44.1 Å². The molecule has 0 spiro atoms. The molecule has 0 aliphatic heterocycles. The zero-order valence-corrected chi connectivity index (χ0v) is 10.6. The van der Waals surface area contributed by atoms with Gasteiger partial charge in [-0.1, -0.05) is 20.4 Å². The lowest BCUT2D eigenvalue weighted by atomic mass is 10.1. The summed E-state index contributed by atoms with van der Waals surface area (Å²) in [6.07, 6.45) is 3.96. The highest BCUT2D eigenvalue weighted by molar-refractivity contribution is 6.70. The van der Waals surface area contributed by atoms with Crippen LogP contribution in [0.2, 0.25) is 19.6 Å². The van der Waals surface area contributed by atoms with E-state index in [0.717, 1.165) is 18.6 Å². The molecule has 0 saturated heterocycles. The third kappa shape index (κ3) is 4.93. The molecule has 0 amide bonds. The summed E-state index contributed by atoms with van der Waals surface area (Å²) < 4.78 is 5.93. The molecule has 0 aromatic rings. The van der Waals surface area contributed by atoms with E-state index < -0.39 is 8.32 Å². The quantitative estimate of drug-likeness (QED) is 0.367. The molecule has 76 valence electrons. The normalized spacial score (nSPS) is 10.8. The predicted molar refractivity (Wildman–Crippen MR) is 62.2 cm³/mol. The highest BCUT2D eigenvalue weighted by Gasteiger charge is 2.17. The zero-order valence-electron chi connectivity index (χ0n) is 9.61. The van der Waals surface area contributed by atoms with Crippen molar-refractivity contribution in [1.29, 1.82) is 0 Å². The van der Waals surface area contributed by atoms with Crippen molar-refractivity contribution in [3.63, 3.8) is 0 Å². The van der Waals surface area contributed by atoms with Gasteiger partial charge in [0.25, 0.3) is 0 Å². The molecule has 0 heterocycles. The minimum Gasteiger partial charge on any atom is -0.544 e. The van der Waals surface area contributed by atoms with Crippen LogP contribution >= 0.6 is 0 Å². The van der Waals surface area contributed by atoms with Gasteiger partial charge in [-0.25, -0.2) is 0 Å². The molecule has 0 rings (SSSR count). The van der Waals surface area contributed by atoms with Crippen LogP contribution in [0, 0.1) is 0 Å². The summed E-state index contributed by atoms with van der Waals surface area (Å²) in [5.41, 5.74) is 1.37. The maximum atomic E-state index is 5.93. The molecule has 0 aliphatic carbocycles. The van der Waals surface area contributed by atoms with Crippen LogP contribution in [-0.2, 0) is 4.43 Å². The Morgan fingerprint density at radius 2 is 1.69 bits per heavy atom. The maximum Gasteiger partial charge on any atom is 0.242 e. The Morgan fingerprint density at radius 1 is 1.23 bits per heavy atom. The number of hydrogen-bond donors (Lipinski definition) is 0. The molecule has 0 atom stereocenters. The standard InChI is InChI=1S/C11H22OSi/c1-7-10(8-2)11(9-3)12-13(4,5)6/h9H,3,7-8H2,1-2,4-6H3. The van der Waals surface area contributed by atoms with Gasteiger partial charge in [-0.3, -0.25) is 0 Å². The molecule has 2 heteroatoms. The maximum absolute atomic E-state index is 5.93. The van der Waals surface area contributed by atoms with E-state index in [1.165, 1.54) is 5.57 Å². The van der Waals surface area contributed by atoms with E-state index in [1.54, 1.807) is 0 Å². The summed E-state index contributed by atoms with van der Waals surface area (Å²) in [5, 5.41) is 0. The van der Waals surface area contributed by atoms with Gasteiger partial charge in [0, 0.05) is 0 Å². The Hall–Kier alpha value is -0.503. The van der Waals surface area contributed by atoms with Gasteiger partial charge in [0.05, 0.1) is 0 Å². The van der Waals surface area contributed by atoms with E-state index in [4.69, 9.17) is 4.43 Å². The summed E-state index contributed by atoms with van der Waals surface area (Å²) >= 11 is 0. The number of rotatable bonds is 5. The van der Waals surface area contributed by atoms with Gasteiger partial charge in [0.15, 0.2) is 0 Å². The van der Waals surface area contributed by atoms with E-state index >= 15 is 0 Å². The van der Waals surface area contributed by atoms with E-state index in [1.807, 2.05) is 6.08 Å². The molecule has 0 unspecified atom stereocenters. The first-order valence-corrected chi connectivity index (χ1v) is 8.38. The lowest BCUT2D eigenvalue weighted by molar-refractivity contribution is 0.431. The Bertz CT molecular complexity index is 193. The molecule has 0 aromatic heterocycles. The highest BCUT2D eigenvalue weighted by Crippen LogP contribution is 2.19. The minimum absolute atomic E-state index is 1.02. The predicted octanol–water partition coefficient (Wildman–Crippen LogP) is 4.10. The second-order valence-electron chi connectivity index (χ2n) is 4.09. The fourth-order valence-electron chi connectivity index (χ4n) is 1.19. The van der Waals surface area contributed by atoms with Gasteiger partial charge >= 0.3 is 0 Å². The molecule has 0 aliphatic rings. The monoisotopic (exact) mass is 198 g/mol. The van der Waals surface area contributed by atoms with Crippen molar-refractivity contribution in [2.24, 2.45) is 0 Å². The number of allylic oxidation sites excluding steroid dienone is 2. The second-order valence-corrected chi connectivity index (χ2v) is 8.52. The second kappa shape index (κ2) is 5.27. The molecule has 0 N–H and O–H groups in total. The zero-order chi connectivity index (χ0) is 10.5. The van der Waals surface area contributed by atoms with E-state index in [-0.39, 0.29) is 0 Å². The molecule has 0 saturated carbocycles. The minimum atomic E-state index is -1.47. The Balaban J connectivity index is 4.66. The smallest absolute Gasteiger partial charge is 0.242 e. The largest absolute Gasteiger partial charge is 0.544 e. The van der Waals surface area contributed by atoms with Crippen molar-refractivity contribution in [2.45, 2.75) is 46.3 Å². The van der Waals surface area contributed by atoms with E-state index in [9.17, 15) is 0 Å². The van der Waals surface area contributed by atoms with Crippen molar-refractivity contribution in [2.75, 3.05) is 0 Å². The van der Waals surface area contributed by atoms with Gasteiger partial charge in [-0.2, -0.15) is 0 Å². The molecular weight excluding hydrogens is 176 g/mol. The average Bonchev–Trinajstić information content (AvgIpc) is 2.02. The van der Waals surface area contributed by atoms with Gasteiger partial charge in [-0.15, -0.1) is 0 Å². The topological polar surface area (TPSA) is 9.23 Å². The summed E-state index contributed by atoms with van der Waals surface area (Å²) in [6, 6.07) is 0. The van der Waals surface area contributed by atoms with Crippen LogP contribution in [0.4, 0.5) is 0 Å². The first-order valence-electron chi connectivity index (χ1n) is 4.98. The molecule has 1 nitrogen and oxygen atoms in total. The summed E-state index contributed by atoms with van der Waals surface area (Å²) in [6.45, 7) is 14.7. The van der Waals surface area contributed by atoms with Crippen molar-refractivity contribution < 1.29 is 4.43 Å². The van der Waals surface area contributed by atoms with Gasteiger partial charge in [0.1, 0.15) is 5.76 Å². The van der Waals surface area contributed by atoms with Gasteiger partial charge < -0.3 is 4.43 Å². The van der Waals surface area contributed by atoms with Crippen molar-refractivity contribution in [3.8, 4) is 0 Å². The van der Waals surface area contributed by atoms with Crippen molar-refractivity contribution in [1.82, 2.24) is 0 Å². The van der Waals surface area contributed by atoms with Crippen LogP contribution in [0.25, 0.3) is 0 Å². The molecule has 0 fully saturated rings. The first kappa shape index (κ1) is 12.5. The van der Waals surface area contributed by atoms with Crippen LogP contribution in [0.1, 0.15) is 26.7 Å². The third-order valence-electron chi connectivity index (χ3n) is 1.80. The lowest BCUT2D eigenvalue weighted by Gasteiger charge is -2.22. The van der Waals surface area contributed by atoms with Crippen LogP contribution in [0.5, 0.6) is 0 Å². The van der Waals surface area contributed by atoms with E-state index in [0.29, 0.717) is 0 Å². The lowest BCUT2D eigenvalue weighted by Crippen LogP contribution is -2.24. The number of hydrogen-bond acceptors (Lipinski definition) is 1. The SMILES string of the molecule is C=CC(O[Si](C)(C)C)=C(CC)CC. The van der Waals surface area contributed by atoms with Crippen LogP contribution < -0.4 is 0 Å². The molecule has 0 bridgehead atoms. The molecule has 13 heavy (non-hydrogen) atoms. The van der Waals surface area contributed by atoms with Crippen LogP contribution in [-0.4, -0.2) is 8.32 Å².